The first kappa shape index (κ1) is 24.0. The molecule has 1 saturated heterocycles. The van der Waals surface area contributed by atoms with Crippen LogP contribution >= 0.6 is 11.6 Å². The summed E-state index contributed by atoms with van der Waals surface area (Å²) in [5, 5.41) is 4.76. The Morgan fingerprint density at radius 3 is 2.29 bits per heavy atom. The molecule has 0 aliphatic carbocycles. The monoisotopic (exact) mass is 490 g/mol. The zero-order valence-electron chi connectivity index (χ0n) is 18.3. The van der Waals surface area contributed by atoms with Gasteiger partial charge in [0.25, 0.3) is 5.91 Å². The molecule has 34 heavy (non-hydrogen) atoms. The minimum atomic E-state index is -4.36. The molecule has 1 aliphatic rings. The quantitative estimate of drug-likeness (QED) is 0.551. The van der Waals surface area contributed by atoms with Crippen LogP contribution in [-0.4, -0.2) is 51.7 Å². The zero-order chi connectivity index (χ0) is 24.5. The lowest BCUT2D eigenvalue weighted by molar-refractivity contribution is -0.137. The highest BCUT2D eigenvalue weighted by molar-refractivity contribution is 6.32. The summed E-state index contributed by atoms with van der Waals surface area (Å²) in [6.45, 7) is 3.99. The van der Waals surface area contributed by atoms with E-state index in [9.17, 15) is 22.8 Å². The number of carbonyl (C=O) groups is 1. The number of alkyl halides is 3. The second-order valence-corrected chi connectivity index (χ2v) is 8.53. The summed E-state index contributed by atoms with van der Waals surface area (Å²) in [6, 6.07) is 13.5. The van der Waals surface area contributed by atoms with Crippen molar-refractivity contribution in [2.24, 2.45) is 0 Å². The zero-order valence-corrected chi connectivity index (χ0v) is 19.1. The summed E-state index contributed by atoms with van der Waals surface area (Å²) in [4.78, 5) is 29.3. The molecule has 0 spiro atoms. The van der Waals surface area contributed by atoms with Gasteiger partial charge in [-0.3, -0.25) is 14.5 Å². The SMILES string of the molecule is Cc1cc(=O)c(C(=O)N2CCN(Cc3ccc(C(F)(F)F)cc3)CC2)nn1-c1ccccc1Cl. The van der Waals surface area contributed by atoms with Gasteiger partial charge in [0.15, 0.2) is 5.69 Å². The smallest absolute Gasteiger partial charge is 0.335 e. The van der Waals surface area contributed by atoms with Crippen LogP contribution in [0.25, 0.3) is 5.69 Å². The van der Waals surface area contributed by atoms with Crippen molar-refractivity contribution in [2.75, 3.05) is 26.2 Å². The lowest BCUT2D eigenvalue weighted by Crippen LogP contribution is -2.49. The molecule has 4 rings (SSSR count). The summed E-state index contributed by atoms with van der Waals surface area (Å²) < 4.78 is 39.7. The van der Waals surface area contributed by atoms with E-state index >= 15 is 0 Å². The van der Waals surface area contributed by atoms with Crippen LogP contribution in [0.3, 0.4) is 0 Å². The molecule has 0 saturated carbocycles. The molecular formula is C24H22ClF3N4O2. The molecule has 178 valence electrons. The molecule has 0 unspecified atom stereocenters. The highest BCUT2D eigenvalue weighted by Gasteiger charge is 2.30. The van der Waals surface area contributed by atoms with Gasteiger partial charge in [0.05, 0.1) is 16.3 Å². The fraction of sp³-hybridized carbons (Fsp3) is 0.292. The van der Waals surface area contributed by atoms with Crippen molar-refractivity contribution < 1.29 is 18.0 Å². The number of benzene rings is 2. The van der Waals surface area contributed by atoms with Gasteiger partial charge in [0.1, 0.15) is 0 Å². The largest absolute Gasteiger partial charge is 0.416 e. The lowest BCUT2D eigenvalue weighted by Gasteiger charge is -2.34. The van der Waals surface area contributed by atoms with E-state index in [2.05, 4.69) is 10.00 Å². The highest BCUT2D eigenvalue weighted by atomic mass is 35.5. The van der Waals surface area contributed by atoms with Crippen LogP contribution in [0.2, 0.25) is 5.02 Å². The van der Waals surface area contributed by atoms with Crippen molar-refractivity contribution in [1.82, 2.24) is 19.6 Å². The molecule has 10 heteroatoms. The van der Waals surface area contributed by atoms with E-state index in [-0.39, 0.29) is 5.69 Å². The van der Waals surface area contributed by atoms with Crippen molar-refractivity contribution in [3.05, 3.63) is 92.4 Å². The van der Waals surface area contributed by atoms with Gasteiger partial charge in [0, 0.05) is 44.5 Å². The van der Waals surface area contributed by atoms with E-state index in [1.54, 1.807) is 36.1 Å². The van der Waals surface area contributed by atoms with E-state index in [1.807, 2.05) is 0 Å². The third-order valence-electron chi connectivity index (χ3n) is 5.74. The number of halogens is 4. The van der Waals surface area contributed by atoms with Crippen LogP contribution in [0.4, 0.5) is 13.2 Å². The summed E-state index contributed by atoms with van der Waals surface area (Å²) in [7, 11) is 0. The number of rotatable bonds is 4. The first-order valence-corrected chi connectivity index (χ1v) is 11.0. The van der Waals surface area contributed by atoms with Gasteiger partial charge < -0.3 is 4.90 Å². The maximum absolute atomic E-state index is 13.1. The van der Waals surface area contributed by atoms with E-state index < -0.39 is 23.1 Å². The molecule has 0 N–H and O–H groups in total. The molecular weight excluding hydrogens is 469 g/mol. The standard InChI is InChI=1S/C24H22ClF3N4O2/c1-16-14-21(33)22(29-32(16)20-5-3-2-4-19(20)25)23(34)31-12-10-30(11-13-31)15-17-6-8-18(9-7-17)24(26,27)28/h2-9,14H,10-13,15H2,1H3. The summed E-state index contributed by atoms with van der Waals surface area (Å²) in [6.07, 6.45) is -4.36. The van der Waals surface area contributed by atoms with Crippen LogP contribution in [0.5, 0.6) is 0 Å². The topological polar surface area (TPSA) is 58.4 Å². The Bertz CT molecular complexity index is 1250. The predicted octanol–water partition coefficient (Wildman–Crippen LogP) is 4.17. The van der Waals surface area contributed by atoms with Crippen molar-refractivity contribution in [3.63, 3.8) is 0 Å². The van der Waals surface area contributed by atoms with Gasteiger partial charge in [-0.05, 0) is 36.8 Å². The normalized spacial score (nSPS) is 14.9. The third-order valence-corrected chi connectivity index (χ3v) is 6.06. The van der Waals surface area contributed by atoms with Crippen LogP contribution < -0.4 is 5.43 Å². The molecule has 1 aliphatic heterocycles. The maximum atomic E-state index is 13.1. The summed E-state index contributed by atoms with van der Waals surface area (Å²) >= 11 is 6.27. The summed E-state index contributed by atoms with van der Waals surface area (Å²) in [5.74, 6) is -0.458. The van der Waals surface area contributed by atoms with Gasteiger partial charge in [-0.25, -0.2) is 4.68 Å². The third kappa shape index (κ3) is 5.15. The number of piperazine rings is 1. The van der Waals surface area contributed by atoms with E-state index in [0.717, 1.165) is 17.7 Å². The molecule has 0 atom stereocenters. The number of carbonyl (C=O) groups excluding carboxylic acids is 1. The van der Waals surface area contributed by atoms with E-state index in [1.165, 1.54) is 22.9 Å². The Morgan fingerprint density at radius 1 is 1.03 bits per heavy atom. The Balaban J connectivity index is 1.44. The maximum Gasteiger partial charge on any atom is 0.416 e. The second kappa shape index (κ2) is 9.60. The number of aromatic nitrogens is 2. The first-order chi connectivity index (χ1) is 16.1. The lowest BCUT2D eigenvalue weighted by atomic mass is 10.1. The van der Waals surface area contributed by atoms with Crippen molar-refractivity contribution in [3.8, 4) is 5.69 Å². The number of hydrogen-bond donors (Lipinski definition) is 0. The number of hydrogen-bond acceptors (Lipinski definition) is 4. The van der Waals surface area contributed by atoms with Gasteiger partial charge >= 0.3 is 6.18 Å². The minimum absolute atomic E-state index is 0.179. The Labute approximate surface area is 199 Å². The molecule has 1 aromatic heterocycles. The summed E-state index contributed by atoms with van der Waals surface area (Å²) in [5.41, 5.74) is 0.558. The molecule has 3 aromatic rings. The molecule has 2 aromatic carbocycles. The van der Waals surface area contributed by atoms with Crippen LogP contribution in [0, 0.1) is 6.92 Å². The van der Waals surface area contributed by atoms with Crippen LogP contribution in [0.1, 0.15) is 27.3 Å². The van der Waals surface area contributed by atoms with Gasteiger partial charge in [0.2, 0.25) is 5.43 Å². The molecule has 0 radical (unpaired) electrons. The average molecular weight is 491 g/mol. The fourth-order valence-electron chi connectivity index (χ4n) is 3.88. The van der Waals surface area contributed by atoms with Gasteiger partial charge in [-0.15, -0.1) is 0 Å². The Morgan fingerprint density at radius 2 is 1.68 bits per heavy atom. The number of aryl methyl sites for hydroxylation is 1. The predicted molar refractivity (Wildman–Crippen MR) is 122 cm³/mol. The van der Waals surface area contributed by atoms with E-state index in [0.29, 0.717) is 49.1 Å². The molecule has 2 heterocycles. The van der Waals surface area contributed by atoms with Gasteiger partial charge in [-0.1, -0.05) is 35.9 Å². The molecule has 1 fully saturated rings. The Hall–Kier alpha value is -3.17. The molecule has 1 amide bonds. The highest BCUT2D eigenvalue weighted by Crippen LogP contribution is 2.29. The van der Waals surface area contributed by atoms with Crippen molar-refractivity contribution in [2.45, 2.75) is 19.6 Å². The fourth-order valence-corrected chi connectivity index (χ4v) is 4.09. The van der Waals surface area contributed by atoms with Crippen LogP contribution in [0.15, 0.2) is 59.4 Å². The average Bonchev–Trinajstić information content (AvgIpc) is 2.80. The van der Waals surface area contributed by atoms with E-state index in [4.69, 9.17) is 11.6 Å². The second-order valence-electron chi connectivity index (χ2n) is 8.12. The number of amides is 1. The Kier molecular flexibility index (Phi) is 6.77. The number of nitrogens with zero attached hydrogens (tertiary/aromatic N) is 4. The first-order valence-electron chi connectivity index (χ1n) is 10.7. The van der Waals surface area contributed by atoms with Crippen molar-refractivity contribution in [1.29, 1.82) is 0 Å². The number of para-hydroxylation sites is 1. The minimum Gasteiger partial charge on any atom is -0.335 e. The van der Waals surface area contributed by atoms with Crippen molar-refractivity contribution >= 4 is 17.5 Å². The molecule has 0 bridgehead atoms. The van der Waals surface area contributed by atoms with Gasteiger partial charge in [-0.2, -0.15) is 18.3 Å². The van der Waals surface area contributed by atoms with Crippen LogP contribution in [-0.2, 0) is 12.7 Å². The molecule has 6 nitrogen and oxygen atoms in total.